The summed E-state index contributed by atoms with van der Waals surface area (Å²) in [6, 6.07) is 22.2. The lowest BCUT2D eigenvalue weighted by Gasteiger charge is -2.08. The number of thioether (sulfide) groups is 1. The SMILES string of the molecule is CCOc1ccc2nc(NC(=O)CSc3ccc(NC(=O)COc4ccccc4)cc3)sc2c1. The van der Waals surface area contributed by atoms with E-state index in [4.69, 9.17) is 9.47 Å². The van der Waals surface area contributed by atoms with Crippen molar-refractivity contribution in [3.05, 3.63) is 72.8 Å². The van der Waals surface area contributed by atoms with Crippen molar-refractivity contribution < 1.29 is 19.1 Å². The van der Waals surface area contributed by atoms with E-state index in [0.717, 1.165) is 20.9 Å². The number of thiazole rings is 1. The second-order valence-corrected chi connectivity index (χ2v) is 9.17. The molecule has 174 valence electrons. The maximum atomic E-state index is 12.4. The van der Waals surface area contributed by atoms with Crippen LogP contribution < -0.4 is 20.1 Å². The van der Waals surface area contributed by atoms with E-state index in [-0.39, 0.29) is 24.2 Å². The van der Waals surface area contributed by atoms with Crippen LogP contribution in [0.15, 0.2) is 77.7 Å². The fraction of sp³-hybridized carbons (Fsp3) is 0.160. The van der Waals surface area contributed by atoms with Gasteiger partial charge in [-0.25, -0.2) is 4.98 Å². The number of amides is 2. The first-order valence-electron chi connectivity index (χ1n) is 10.6. The molecule has 4 aromatic rings. The van der Waals surface area contributed by atoms with Crippen LogP contribution >= 0.6 is 23.1 Å². The van der Waals surface area contributed by atoms with Crippen LogP contribution in [0.1, 0.15) is 6.92 Å². The average Bonchev–Trinajstić information content (AvgIpc) is 3.24. The highest BCUT2D eigenvalue weighted by molar-refractivity contribution is 8.00. The van der Waals surface area contributed by atoms with Gasteiger partial charge in [-0.3, -0.25) is 9.59 Å². The van der Waals surface area contributed by atoms with Crippen LogP contribution in [0.3, 0.4) is 0 Å². The van der Waals surface area contributed by atoms with Crippen LogP contribution in [0.4, 0.5) is 10.8 Å². The average molecular weight is 494 g/mol. The second-order valence-electron chi connectivity index (χ2n) is 7.09. The largest absolute Gasteiger partial charge is 0.494 e. The second kappa shape index (κ2) is 11.5. The first-order chi connectivity index (χ1) is 16.6. The predicted molar refractivity (Wildman–Crippen MR) is 137 cm³/mol. The number of carbonyl (C=O) groups excluding carboxylic acids is 2. The van der Waals surface area contributed by atoms with Gasteiger partial charge in [-0.2, -0.15) is 0 Å². The van der Waals surface area contributed by atoms with Gasteiger partial charge in [-0.05, 0) is 61.5 Å². The van der Waals surface area contributed by atoms with Gasteiger partial charge >= 0.3 is 0 Å². The van der Waals surface area contributed by atoms with E-state index in [2.05, 4.69) is 15.6 Å². The molecule has 2 N–H and O–H groups in total. The molecule has 0 atom stereocenters. The zero-order valence-electron chi connectivity index (χ0n) is 18.4. The molecule has 0 aliphatic carbocycles. The van der Waals surface area contributed by atoms with Crippen LogP contribution in [-0.4, -0.2) is 35.8 Å². The van der Waals surface area contributed by atoms with E-state index >= 15 is 0 Å². The molecule has 0 spiro atoms. The Labute approximate surface area is 205 Å². The van der Waals surface area contributed by atoms with Crippen molar-refractivity contribution in [2.45, 2.75) is 11.8 Å². The van der Waals surface area contributed by atoms with Crippen LogP contribution in [0.5, 0.6) is 11.5 Å². The number of ether oxygens (including phenoxy) is 2. The van der Waals surface area contributed by atoms with E-state index in [1.54, 1.807) is 24.3 Å². The number of nitrogens with zero attached hydrogens (tertiary/aromatic N) is 1. The lowest BCUT2D eigenvalue weighted by molar-refractivity contribution is -0.118. The summed E-state index contributed by atoms with van der Waals surface area (Å²) in [5.41, 5.74) is 1.49. The minimum absolute atomic E-state index is 0.0700. The fourth-order valence-corrected chi connectivity index (χ4v) is 4.63. The topological polar surface area (TPSA) is 89.5 Å². The maximum absolute atomic E-state index is 12.4. The molecule has 0 aliphatic rings. The molecular formula is C25H23N3O4S2. The van der Waals surface area contributed by atoms with Gasteiger partial charge in [-0.15, -0.1) is 11.8 Å². The maximum Gasteiger partial charge on any atom is 0.262 e. The molecule has 9 heteroatoms. The molecule has 4 rings (SSSR count). The molecule has 7 nitrogen and oxygen atoms in total. The first-order valence-corrected chi connectivity index (χ1v) is 12.4. The van der Waals surface area contributed by atoms with Gasteiger partial charge in [0.1, 0.15) is 11.5 Å². The van der Waals surface area contributed by atoms with Crippen molar-refractivity contribution in [2.24, 2.45) is 0 Å². The minimum Gasteiger partial charge on any atom is -0.494 e. The van der Waals surface area contributed by atoms with Gasteiger partial charge in [0.2, 0.25) is 5.91 Å². The molecule has 2 amide bonds. The molecule has 1 aromatic heterocycles. The summed E-state index contributed by atoms with van der Waals surface area (Å²) in [6.07, 6.45) is 0. The molecular weight excluding hydrogens is 470 g/mol. The summed E-state index contributed by atoms with van der Waals surface area (Å²) >= 11 is 2.82. The van der Waals surface area contributed by atoms with Gasteiger partial charge in [0.05, 0.1) is 22.6 Å². The highest BCUT2D eigenvalue weighted by Gasteiger charge is 2.10. The monoisotopic (exact) mass is 493 g/mol. The van der Waals surface area contributed by atoms with E-state index in [0.29, 0.717) is 23.2 Å². The Hall–Kier alpha value is -3.56. The standard InChI is InChI=1S/C25H23N3O4S2/c1-2-31-19-10-13-21-22(14-19)34-25(27-21)28-24(30)16-33-20-11-8-17(9-12-20)26-23(29)15-32-18-6-4-3-5-7-18/h3-14H,2,15-16H2,1H3,(H,26,29)(H,27,28,30). The molecule has 3 aromatic carbocycles. The van der Waals surface area contributed by atoms with Crippen molar-refractivity contribution in [2.75, 3.05) is 29.6 Å². The Kier molecular flexibility index (Phi) is 8.00. The van der Waals surface area contributed by atoms with Crippen molar-refractivity contribution in [1.82, 2.24) is 4.98 Å². The third-order valence-corrected chi connectivity index (χ3v) is 6.48. The summed E-state index contributed by atoms with van der Waals surface area (Å²) in [6.45, 7) is 2.46. The molecule has 0 radical (unpaired) electrons. The Bertz CT molecular complexity index is 1260. The van der Waals surface area contributed by atoms with Gasteiger partial charge in [0.15, 0.2) is 11.7 Å². The van der Waals surface area contributed by atoms with Crippen molar-refractivity contribution in [3.8, 4) is 11.5 Å². The third kappa shape index (κ3) is 6.72. The van der Waals surface area contributed by atoms with Crippen LogP contribution in [0.2, 0.25) is 0 Å². The van der Waals surface area contributed by atoms with Crippen molar-refractivity contribution in [1.29, 1.82) is 0 Å². The van der Waals surface area contributed by atoms with Crippen LogP contribution in [-0.2, 0) is 9.59 Å². The lowest BCUT2D eigenvalue weighted by Crippen LogP contribution is -2.20. The normalized spacial score (nSPS) is 10.6. The van der Waals surface area contributed by atoms with Crippen molar-refractivity contribution >= 4 is 55.9 Å². The number of para-hydroxylation sites is 1. The van der Waals surface area contributed by atoms with E-state index in [1.807, 2.05) is 55.5 Å². The fourth-order valence-electron chi connectivity index (χ4n) is 3.02. The molecule has 0 saturated carbocycles. The van der Waals surface area contributed by atoms with Crippen LogP contribution in [0.25, 0.3) is 10.2 Å². The number of hydrogen-bond donors (Lipinski definition) is 2. The van der Waals surface area contributed by atoms with E-state index < -0.39 is 0 Å². The summed E-state index contributed by atoms with van der Waals surface area (Å²) in [5, 5.41) is 6.21. The number of benzene rings is 3. The van der Waals surface area contributed by atoms with Crippen LogP contribution in [0, 0.1) is 0 Å². The summed E-state index contributed by atoms with van der Waals surface area (Å²) in [4.78, 5) is 29.8. The molecule has 34 heavy (non-hydrogen) atoms. The molecule has 0 aliphatic heterocycles. The van der Waals surface area contributed by atoms with E-state index in [9.17, 15) is 9.59 Å². The van der Waals surface area contributed by atoms with Gasteiger partial charge < -0.3 is 20.1 Å². The predicted octanol–water partition coefficient (Wildman–Crippen LogP) is 5.44. The zero-order valence-corrected chi connectivity index (χ0v) is 20.1. The van der Waals surface area contributed by atoms with Gasteiger partial charge in [0.25, 0.3) is 5.91 Å². The summed E-state index contributed by atoms with van der Waals surface area (Å²) < 4.78 is 11.9. The molecule has 0 bridgehead atoms. The Morgan fingerprint density at radius 2 is 1.71 bits per heavy atom. The highest BCUT2D eigenvalue weighted by Crippen LogP contribution is 2.29. The first kappa shape index (κ1) is 23.6. The number of fused-ring (bicyclic) bond motifs is 1. The van der Waals surface area contributed by atoms with Gasteiger partial charge in [0, 0.05) is 10.6 Å². The number of nitrogens with one attached hydrogen (secondary N) is 2. The molecule has 0 saturated heterocycles. The highest BCUT2D eigenvalue weighted by atomic mass is 32.2. The minimum atomic E-state index is -0.243. The Morgan fingerprint density at radius 1 is 0.912 bits per heavy atom. The quantitative estimate of drug-likeness (QED) is 0.286. The lowest BCUT2D eigenvalue weighted by atomic mass is 10.3. The smallest absolute Gasteiger partial charge is 0.262 e. The summed E-state index contributed by atoms with van der Waals surface area (Å²) in [5.74, 6) is 1.30. The Balaban J connectivity index is 1.23. The van der Waals surface area contributed by atoms with Gasteiger partial charge in [-0.1, -0.05) is 29.5 Å². The Morgan fingerprint density at radius 3 is 2.47 bits per heavy atom. The number of hydrogen-bond acceptors (Lipinski definition) is 7. The summed E-state index contributed by atoms with van der Waals surface area (Å²) in [7, 11) is 0. The third-order valence-electron chi connectivity index (χ3n) is 4.54. The van der Waals surface area contributed by atoms with E-state index in [1.165, 1.54) is 23.1 Å². The zero-order chi connectivity index (χ0) is 23.8. The molecule has 1 heterocycles. The molecule has 0 unspecified atom stereocenters. The molecule has 0 fully saturated rings. The number of aromatic nitrogens is 1. The number of anilines is 2. The van der Waals surface area contributed by atoms with Crippen molar-refractivity contribution in [3.63, 3.8) is 0 Å². The number of rotatable bonds is 10. The number of carbonyl (C=O) groups is 2.